The van der Waals surface area contributed by atoms with Gasteiger partial charge in [-0.3, -0.25) is 4.68 Å². The van der Waals surface area contributed by atoms with Gasteiger partial charge >= 0.3 is 0 Å². The predicted octanol–water partition coefficient (Wildman–Crippen LogP) is 4.33. The van der Waals surface area contributed by atoms with Crippen LogP contribution in [0.4, 0.5) is 0 Å². The lowest BCUT2D eigenvalue weighted by atomic mass is 9.93. The average Bonchev–Trinajstić information content (AvgIpc) is 2.62. The van der Waals surface area contributed by atoms with E-state index in [2.05, 4.69) is 53.4 Å². The summed E-state index contributed by atoms with van der Waals surface area (Å²) in [6, 6.07) is 0. The number of aromatic nitrogens is 2. The summed E-state index contributed by atoms with van der Waals surface area (Å²) < 4.78 is 2.05. The molecule has 0 bridgehead atoms. The summed E-state index contributed by atoms with van der Waals surface area (Å²) in [5.41, 5.74) is 2.23. The van der Waals surface area contributed by atoms with E-state index >= 15 is 0 Å². The molecule has 0 saturated heterocycles. The number of hydrogen-bond donors (Lipinski definition) is 0. The third kappa shape index (κ3) is 3.47. The molecule has 4 heteroatoms. The zero-order valence-corrected chi connectivity index (χ0v) is 13.5. The van der Waals surface area contributed by atoms with Gasteiger partial charge in [0, 0.05) is 11.9 Å². The van der Waals surface area contributed by atoms with Crippen LogP contribution in [0.1, 0.15) is 39.1 Å². The molecule has 0 aliphatic rings. The summed E-state index contributed by atoms with van der Waals surface area (Å²) in [7, 11) is 0. The molecule has 1 aromatic heterocycles. The molecule has 2 nitrogen and oxygen atoms in total. The number of halogens is 2. The van der Waals surface area contributed by atoms with Crippen molar-refractivity contribution in [1.82, 2.24) is 9.78 Å². The first-order valence-corrected chi connectivity index (χ1v) is 7.84. The third-order valence-electron chi connectivity index (χ3n) is 3.29. The third-order valence-corrected chi connectivity index (χ3v) is 4.56. The van der Waals surface area contributed by atoms with Crippen molar-refractivity contribution >= 4 is 27.5 Å². The second-order valence-electron chi connectivity index (χ2n) is 4.74. The Hall–Kier alpha value is -0.0200. The van der Waals surface area contributed by atoms with Crippen LogP contribution in [0.3, 0.4) is 0 Å². The van der Waals surface area contributed by atoms with Crippen molar-refractivity contribution < 1.29 is 0 Å². The molecule has 0 aliphatic carbocycles. The molecule has 98 valence electrons. The minimum absolute atomic E-state index is 0.610. The van der Waals surface area contributed by atoms with Crippen molar-refractivity contribution in [3.8, 4) is 0 Å². The monoisotopic (exact) mass is 320 g/mol. The van der Waals surface area contributed by atoms with Crippen molar-refractivity contribution in [2.45, 2.75) is 47.1 Å². The largest absolute Gasteiger partial charge is 0.268 e. The van der Waals surface area contributed by atoms with E-state index in [1.807, 2.05) is 0 Å². The Kier molecular flexibility index (Phi) is 6.01. The van der Waals surface area contributed by atoms with E-state index in [-0.39, 0.29) is 0 Å². The fourth-order valence-corrected chi connectivity index (χ4v) is 3.25. The van der Waals surface area contributed by atoms with E-state index < -0.39 is 0 Å². The second kappa shape index (κ2) is 6.79. The molecule has 0 saturated carbocycles. The maximum absolute atomic E-state index is 6.42. The Morgan fingerprint density at radius 1 is 1.35 bits per heavy atom. The van der Waals surface area contributed by atoms with Crippen molar-refractivity contribution in [2.75, 3.05) is 5.33 Å². The summed E-state index contributed by atoms with van der Waals surface area (Å²) >= 11 is 10.0. The van der Waals surface area contributed by atoms with E-state index in [0.29, 0.717) is 11.8 Å². The zero-order chi connectivity index (χ0) is 13.0. The highest BCUT2D eigenvalue weighted by molar-refractivity contribution is 9.09. The quantitative estimate of drug-likeness (QED) is 0.713. The Morgan fingerprint density at radius 2 is 2.00 bits per heavy atom. The number of hydrogen-bond acceptors (Lipinski definition) is 1. The highest BCUT2D eigenvalue weighted by Crippen LogP contribution is 2.27. The summed E-state index contributed by atoms with van der Waals surface area (Å²) in [6.07, 6.45) is 1.90. The Labute approximate surface area is 118 Å². The SMILES string of the molecule is CCc1nn(CC)c(CC(CBr)C(C)C)c1Cl. The lowest BCUT2D eigenvalue weighted by Gasteiger charge is -2.18. The van der Waals surface area contributed by atoms with Gasteiger partial charge in [-0.05, 0) is 31.6 Å². The lowest BCUT2D eigenvalue weighted by molar-refractivity contribution is 0.413. The van der Waals surface area contributed by atoms with Crippen molar-refractivity contribution in [1.29, 1.82) is 0 Å². The van der Waals surface area contributed by atoms with Gasteiger partial charge in [0.2, 0.25) is 0 Å². The molecule has 0 radical (unpaired) electrons. The van der Waals surface area contributed by atoms with Crippen LogP contribution in [0.5, 0.6) is 0 Å². The van der Waals surface area contributed by atoms with Gasteiger partial charge in [0.15, 0.2) is 0 Å². The first kappa shape index (κ1) is 15.0. The fourth-order valence-electron chi connectivity index (χ4n) is 1.93. The van der Waals surface area contributed by atoms with Crippen molar-refractivity contribution in [2.24, 2.45) is 11.8 Å². The van der Waals surface area contributed by atoms with E-state index in [0.717, 1.165) is 35.4 Å². The molecule has 0 amide bonds. The van der Waals surface area contributed by atoms with Gasteiger partial charge in [-0.25, -0.2) is 0 Å². The van der Waals surface area contributed by atoms with Crippen molar-refractivity contribution in [3.05, 3.63) is 16.4 Å². The van der Waals surface area contributed by atoms with Gasteiger partial charge < -0.3 is 0 Å². The Bertz CT molecular complexity index is 361. The Morgan fingerprint density at radius 3 is 2.41 bits per heavy atom. The molecule has 0 aliphatic heterocycles. The first-order valence-electron chi connectivity index (χ1n) is 6.35. The van der Waals surface area contributed by atoms with Crippen LogP contribution in [0, 0.1) is 11.8 Å². The van der Waals surface area contributed by atoms with Gasteiger partial charge in [-0.15, -0.1) is 0 Å². The van der Waals surface area contributed by atoms with Crippen molar-refractivity contribution in [3.63, 3.8) is 0 Å². The van der Waals surface area contributed by atoms with Gasteiger partial charge in [0.05, 0.1) is 16.4 Å². The highest BCUT2D eigenvalue weighted by atomic mass is 79.9. The highest BCUT2D eigenvalue weighted by Gasteiger charge is 2.20. The lowest BCUT2D eigenvalue weighted by Crippen LogP contribution is -2.16. The predicted molar refractivity (Wildman–Crippen MR) is 78.1 cm³/mol. The molecule has 17 heavy (non-hydrogen) atoms. The number of nitrogens with zero attached hydrogens (tertiary/aromatic N) is 2. The average molecular weight is 322 g/mol. The summed E-state index contributed by atoms with van der Waals surface area (Å²) in [5.74, 6) is 1.26. The molecule has 0 aromatic carbocycles. The Balaban J connectivity index is 2.99. The molecule has 1 unspecified atom stereocenters. The molecule has 0 N–H and O–H groups in total. The fraction of sp³-hybridized carbons (Fsp3) is 0.769. The minimum Gasteiger partial charge on any atom is -0.268 e. The van der Waals surface area contributed by atoms with Gasteiger partial charge in [-0.1, -0.05) is 48.3 Å². The number of rotatable bonds is 6. The van der Waals surface area contributed by atoms with Crippen LogP contribution in [-0.2, 0) is 19.4 Å². The standard InChI is InChI=1S/C13H22BrClN2/c1-5-11-13(15)12(17(6-2)16-11)7-10(8-14)9(3)4/h9-10H,5-8H2,1-4H3. The van der Waals surface area contributed by atoms with Crippen LogP contribution < -0.4 is 0 Å². The molecule has 1 heterocycles. The van der Waals surface area contributed by atoms with Gasteiger partial charge in [0.25, 0.3) is 0 Å². The zero-order valence-electron chi connectivity index (χ0n) is 11.1. The van der Waals surface area contributed by atoms with Gasteiger partial charge in [-0.2, -0.15) is 5.10 Å². The topological polar surface area (TPSA) is 17.8 Å². The van der Waals surface area contributed by atoms with Crippen LogP contribution >= 0.6 is 27.5 Å². The normalized spacial score (nSPS) is 13.4. The smallest absolute Gasteiger partial charge is 0.0849 e. The number of aryl methyl sites for hydroxylation is 2. The molecule has 1 atom stereocenters. The molecule has 0 spiro atoms. The van der Waals surface area contributed by atoms with E-state index in [9.17, 15) is 0 Å². The van der Waals surface area contributed by atoms with Crippen LogP contribution in [0.2, 0.25) is 5.02 Å². The maximum Gasteiger partial charge on any atom is 0.0849 e. The second-order valence-corrected chi connectivity index (χ2v) is 5.76. The molecular weight excluding hydrogens is 300 g/mol. The molecule has 1 aromatic rings. The maximum atomic E-state index is 6.42. The van der Waals surface area contributed by atoms with E-state index in [1.165, 1.54) is 5.69 Å². The van der Waals surface area contributed by atoms with Crippen LogP contribution in [0.15, 0.2) is 0 Å². The molecule has 0 fully saturated rings. The van der Waals surface area contributed by atoms with Gasteiger partial charge in [0.1, 0.15) is 0 Å². The summed E-state index contributed by atoms with van der Waals surface area (Å²) in [6.45, 7) is 9.62. The summed E-state index contributed by atoms with van der Waals surface area (Å²) in [5, 5.41) is 6.45. The molecular formula is C13H22BrClN2. The van der Waals surface area contributed by atoms with Crippen LogP contribution in [0.25, 0.3) is 0 Å². The number of alkyl halides is 1. The molecule has 1 rings (SSSR count). The van der Waals surface area contributed by atoms with E-state index in [1.54, 1.807) is 0 Å². The first-order chi connectivity index (χ1) is 8.04. The van der Waals surface area contributed by atoms with E-state index in [4.69, 9.17) is 11.6 Å². The van der Waals surface area contributed by atoms with Crippen LogP contribution in [-0.4, -0.2) is 15.1 Å². The summed E-state index contributed by atoms with van der Waals surface area (Å²) in [4.78, 5) is 0. The minimum atomic E-state index is 0.610.